The summed E-state index contributed by atoms with van der Waals surface area (Å²) in [6.07, 6.45) is 3.24. The lowest BCUT2D eigenvalue weighted by molar-refractivity contribution is 0.453. The third-order valence-corrected chi connectivity index (χ3v) is 2.87. The molecule has 18 heavy (non-hydrogen) atoms. The average Bonchev–Trinajstić information content (AvgIpc) is 2.40. The number of pyridine rings is 1. The number of fused-ring (bicyclic) bond motifs is 1. The molecule has 0 radical (unpaired) electrons. The summed E-state index contributed by atoms with van der Waals surface area (Å²) in [7, 11) is 0. The molecule has 0 aliphatic rings. The zero-order valence-electron chi connectivity index (χ0n) is 9.21. The minimum absolute atomic E-state index is 0.0300. The van der Waals surface area contributed by atoms with Crippen LogP contribution < -0.4 is 0 Å². The second-order valence-electron chi connectivity index (χ2n) is 3.78. The van der Waals surface area contributed by atoms with Gasteiger partial charge in [-0.1, -0.05) is 23.7 Å². The lowest BCUT2D eigenvalue weighted by atomic mass is 10.2. The first-order valence-electron chi connectivity index (χ1n) is 5.31. The van der Waals surface area contributed by atoms with Crippen molar-refractivity contribution in [2.24, 2.45) is 0 Å². The van der Waals surface area contributed by atoms with Gasteiger partial charge in [0.25, 0.3) is 0 Å². The maximum atomic E-state index is 9.15. The van der Waals surface area contributed by atoms with E-state index < -0.39 is 0 Å². The van der Waals surface area contributed by atoms with Crippen molar-refractivity contribution in [2.75, 3.05) is 0 Å². The van der Waals surface area contributed by atoms with Gasteiger partial charge in [0.2, 0.25) is 5.88 Å². The van der Waals surface area contributed by atoms with Gasteiger partial charge in [0.05, 0.1) is 10.5 Å². The Kier molecular flexibility index (Phi) is 2.57. The minimum Gasteiger partial charge on any atom is -0.493 e. The summed E-state index contributed by atoms with van der Waals surface area (Å²) >= 11 is 6.10. The van der Waals surface area contributed by atoms with Gasteiger partial charge in [0.1, 0.15) is 0 Å². The van der Waals surface area contributed by atoms with Crippen molar-refractivity contribution in [1.29, 1.82) is 0 Å². The van der Waals surface area contributed by atoms with Crippen molar-refractivity contribution in [2.45, 2.75) is 0 Å². The fourth-order valence-corrected chi connectivity index (χ4v) is 1.90. The summed E-state index contributed by atoms with van der Waals surface area (Å²) in [5.41, 5.74) is 1.44. The highest BCUT2D eigenvalue weighted by Crippen LogP contribution is 2.23. The lowest BCUT2D eigenvalue weighted by Gasteiger charge is -2.03. The van der Waals surface area contributed by atoms with Gasteiger partial charge in [-0.15, -0.1) is 0 Å². The molecule has 0 aliphatic carbocycles. The topological polar surface area (TPSA) is 58.9 Å². The smallest absolute Gasteiger partial charge is 0.210 e. The molecule has 1 aromatic carbocycles. The summed E-state index contributed by atoms with van der Waals surface area (Å²) in [5.74, 6) is 0.501. The van der Waals surface area contributed by atoms with E-state index in [1.54, 1.807) is 18.3 Å². The number of para-hydroxylation sites is 1. The van der Waals surface area contributed by atoms with Crippen LogP contribution in [0.4, 0.5) is 0 Å². The number of aromatic hydroxyl groups is 1. The van der Waals surface area contributed by atoms with E-state index in [0.29, 0.717) is 16.4 Å². The molecule has 2 aromatic heterocycles. The number of aromatic nitrogens is 3. The monoisotopic (exact) mass is 257 g/mol. The molecule has 0 amide bonds. The maximum Gasteiger partial charge on any atom is 0.210 e. The molecule has 0 unspecified atom stereocenters. The Morgan fingerprint density at radius 1 is 1.00 bits per heavy atom. The Bertz CT molecular complexity index is 713. The van der Waals surface area contributed by atoms with E-state index in [0.717, 1.165) is 10.9 Å². The second kappa shape index (κ2) is 4.23. The van der Waals surface area contributed by atoms with Crippen LogP contribution in [0.15, 0.2) is 42.7 Å². The Balaban J connectivity index is 2.18. The van der Waals surface area contributed by atoms with E-state index in [4.69, 9.17) is 16.7 Å². The number of rotatable bonds is 1. The van der Waals surface area contributed by atoms with E-state index in [9.17, 15) is 0 Å². The summed E-state index contributed by atoms with van der Waals surface area (Å²) in [5, 5.41) is 10.6. The highest BCUT2D eigenvalue weighted by atomic mass is 35.5. The molecule has 0 atom stereocenters. The molecule has 0 aliphatic heterocycles. The molecule has 3 rings (SSSR count). The zero-order valence-corrected chi connectivity index (χ0v) is 9.96. The highest BCUT2D eigenvalue weighted by molar-refractivity contribution is 6.35. The average molecular weight is 258 g/mol. The third-order valence-electron chi connectivity index (χ3n) is 2.57. The molecule has 88 valence electrons. The predicted molar refractivity (Wildman–Crippen MR) is 69.4 cm³/mol. The SMILES string of the molecule is Oc1ccc(-c2ncc3cccc(Cl)c3n2)cn1. The predicted octanol–water partition coefficient (Wildman–Crippen LogP) is 3.05. The fraction of sp³-hybridized carbons (Fsp3) is 0. The number of nitrogens with zero attached hydrogens (tertiary/aromatic N) is 3. The maximum absolute atomic E-state index is 9.15. The van der Waals surface area contributed by atoms with Crippen LogP contribution in [-0.2, 0) is 0 Å². The van der Waals surface area contributed by atoms with Crippen LogP contribution in [-0.4, -0.2) is 20.1 Å². The van der Waals surface area contributed by atoms with Crippen molar-refractivity contribution >= 4 is 22.5 Å². The van der Waals surface area contributed by atoms with Gasteiger partial charge in [-0.25, -0.2) is 15.0 Å². The first-order chi connectivity index (χ1) is 8.74. The van der Waals surface area contributed by atoms with Gasteiger partial charge in [-0.3, -0.25) is 0 Å². The molecule has 5 heteroatoms. The van der Waals surface area contributed by atoms with Gasteiger partial charge in [0.15, 0.2) is 5.82 Å². The number of halogens is 1. The lowest BCUT2D eigenvalue weighted by Crippen LogP contribution is -1.91. The molecule has 0 bridgehead atoms. The van der Waals surface area contributed by atoms with Crippen molar-refractivity contribution in [3.8, 4) is 17.3 Å². The van der Waals surface area contributed by atoms with E-state index in [1.807, 2.05) is 12.1 Å². The number of hydrogen-bond acceptors (Lipinski definition) is 4. The Labute approximate surface area is 108 Å². The Hall–Kier alpha value is -2.20. The molecule has 2 heterocycles. The molecule has 0 fully saturated rings. The second-order valence-corrected chi connectivity index (χ2v) is 4.18. The summed E-state index contributed by atoms with van der Waals surface area (Å²) in [6.45, 7) is 0. The van der Waals surface area contributed by atoms with Gasteiger partial charge < -0.3 is 5.11 Å². The molecule has 3 aromatic rings. The third kappa shape index (κ3) is 1.87. The van der Waals surface area contributed by atoms with Crippen molar-refractivity contribution in [3.63, 3.8) is 0 Å². The number of benzene rings is 1. The summed E-state index contributed by atoms with van der Waals surface area (Å²) in [4.78, 5) is 12.5. The summed E-state index contributed by atoms with van der Waals surface area (Å²) in [6, 6.07) is 8.75. The van der Waals surface area contributed by atoms with Crippen LogP contribution in [0.5, 0.6) is 5.88 Å². The molecular weight excluding hydrogens is 250 g/mol. The van der Waals surface area contributed by atoms with Crippen LogP contribution in [0.25, 0.3) is 22.3 Å². The summed E-state index contributed by atoms with van der Waals surface area (Å²) < 4.78 is 0. The van der Waals surface area contributed by atoms with Crippen molar-refractivity contribution < 1.29 is 5.11 Å². The van der Waals surface area contributed by atoms with E-state index in [2.05, 4.69) is 15.0 Å². The van der Waals surface area contributed by atoms with Crippen LogP contribution in [0.2, 0.25) is 5.02 Å². The first kappa shape index (κ1) is 10.9. The van der Waals surface area contributed by atoms with Gasteiger partial charge in [0, 0.05) is 29.4 Å². The zero-order chi connectivity index (χ0) is 12.5. The minimum atomic E-state index is -0.0300. The van der Waals surface area contributed by atoms with Crippen molar-refractivity contribution in [1.82, 2.24) is 15.0 Å². The van der Waals surface area contributed by atoms with E-state index in [1.165, 1.54) is 12.3 Å². The van der Waals surface area contributed by atoms with Crippen LogP contribution in [0, 0.1) is 0 Å². The molecule has 0 saturated heterocycles. The van der Waals surface area contributed by atoms with Crippen LogP contribution in [0.1, 0.15) is 0 Å². The quantitative estimate of drug-likeness (QED) is 0.728. The molecular formula is C13H8ClN3O. The first-order valence-corrected chi connectivity index (χ1v) is 5.68. The van der Waals surface area contributed by atoms with E-state index >= 15 is 0 Å². The van der Waals surface area contributed by atoms with Gasteiger partial charge >= 0.3 is 0 Å². The Morgan fingerprint density at radius 3 is 2.67 bits per heavy atom. The van der Waals surface area contributed by atoms with Crippen molar-refractivity contribution in [3.05, 3.63) is 47.7 Å². The number of hydrogen-bond donors (Lipinski definition) is 1. The Morgan fingerprint density at radius 2 is 1.89 bits per heavy atom. The molecule has 4 nitrogen and oxygen atoms in total. The molecule has 0 spiro atoms. The van der Waals surface area contributed by atoms with Gasteiger partial charge in [-0.05, 0) is 12.1 Å². The van der Waals surface area contributed by atoms with Crippen LogP contribution >= 0.6 is 11.6 Å². The normalized spacial score (nSPS) is 10.7. The standard InChI is InChI=1S/C13H8ClN3O/c14-10-3-1-2-8-6-16-13(17-12(8)10)9-4-5-11(18)15-7-9/h1-7H,(H,15,18). The van der Waals surface area contributed by atoms with Crippen LogP contribution in [0.3, 0.4) is 0 Å². The fourth-order valence-electron chi connectivity index (χ4n) is 1.68. The highest BCUT2D eigenvalue weighted by Gasteiger charge is 2.06. The molecule has 1 N–H and O–H groups in total. The van der Waals surface area contributed by atoms with Gasteiger partial charge in [-0.2, -0.15) is 0 Å². The largest absolute Gasteiger partial charge is 0.493 e. The van der Waals surface area contributed by atoms with E-state index in [-0.39, 0.29) is 5.88 Å². The molecule has 0 saturated carbocycles.